The molecule has 0 saturated heterocycles. The summed E-state index contributed by atoms with van der Waals surface area (Å²) >= 11 is 1.09. The molecule has 8 heteroatoms. The fourth-order valence-electron chi connectivity index (χ4n) is 1.10. The molecule has 15 heavy (non-hydrogen) atoms. The lowest BCUT2D eigenvalue weighted by Gasteiger charge is -1.94. The SMILES string of the molecule is Nc1cn(Cc2cnsn2)nc1C(=O)O. The van der Waals surface area contributed by atoms with Crippen molar-refractivity contribution >= 4 is 23.4 Å². The van der Waals surface area contributed by atoms with Crippen molar-refractivity contribution in [3.8, 4) is 0 Å². The van der Waals surface area contributed by atoms with Gasteiger partial charge in [-0.2, -0.15) is 13.8 Å². The number of nitrogens with two attached hydrogens (primary N) is 1. The third kappa shape index (κ3) is 1.94. The summed E-state index contributed by atoms with van der Waals surface area (Å²) in [5.41, 5.74) is 6.20. The highest BCUT2D eigenvalue weighted by atomic mass is 32.1. The second-order valence-corrected chi connectivity index (χ2v) is 3.39. The molecule has 2 aromatic heterocycles. The smallest absolute Gasteiger partial charge is 0.358 e. The summed E-state index contributed by atoms with van der Waals surface area (Å²) in [6.45, 7) is 0.369. The summed E-state index contributed by atoms with van der Waals surface area (Å²) in [4.78, 5) is 10.7. The van der Waals surface area contributed by atoms with E-state index >= 15 is 0 Å². The van der Waals surface area contributed by atoms with E-state index in [1.54, 1.807) is 6.20 Å². The van der Waals surface area contributed by atoms with E-state index in [1.807, 2.05) is 0 Å². The Hall–Kier alpha value is -1.96. The van der Waals surface area contributed by atoms with Crippen LogP contribution in [0.3, 0.4) is 0 Å². The van der Waals surface area contributed by atoms with Gasteiger partial charge in [-0.05, 0) is 0 Å². The number of aromatic carboxylic acids is 1. The Balaban J connectivity index is 2.23. The van der Waals surface area contributed by atoms with Crippen LogP contribution in [-0.2, 0) is 6.54 Å². The van der Waals surface area contributed by atoms with E-state index in [-0.39, 0.29) is 11.4 Å². The zero-order valence-electron chi connectivity index (χ0n) is 7.49. The summed E-state index contributed by atoms with van der Waals surface area (Å²) in [6, 6.07) is 0. The Labute approximate surface area is 88.5 Å². The lowest BCUT2D eigenvalue weighted by atomic mass is 10.4. The molecule has 0 fully saturated rings. The van der Waals surface area contributed by atoms with Crippen LogP contribution in [0.15, 0.2) is 12.4 Å². The third-order valence-corrected chi connectivity index (χ3v) is 2.24. The lowest BCUT2D eigenvalue weighted by molar-refractivity contribution is 0.0690. The van der Waals surface area contributed by atoms with Gasteiger partial charge in [0, 0.05) is 6.20 Å². The number of hydrogen-bond donors (Lipinski definition) is 2. The van der Waals surface area contributed by atoms with E-state index in [0.717, 1.165) is 17.4 Å². The van der Waals surface area contributed by atoms with Crippen LogP contribution in [-0.4, -0.2) is 29.6 Å². The fraction of sp³-hybridized carbons (Fsp3) is 0.143. The van der Waals surface area contributed by atoms with Gasteiger partial charge in [0.1, 0.15) is 0 Å². The standard InChI is InChI=1S/C7H7N5O2S/c8-5-3-12(10-6(5)7(13)14)2-4-1-9-15-11-4/h1,3H,2,8H2,(H,13,14). The molecule has 0 atom stereocenters. The van der Waals surface area contributed by atoms with Gasteiger partial charge in [-0.3, -0.25) is 4.68 Å². The molecular weight excluding hydrogens is 218 g/mol. The zero-order chi connectivity index (χ0) is 10.8. The highest BCUT2D eigenvalue weighted by molar-refractivity contribution is 6.99. The Morgan fingerprint density at radius 3 is 3.00 bits per heavy atom. The number of nitrogen functional groups attached to an aromatic ring is 1. The minimum atomic E-state index is -1.14. The molecule has 2 rings (SSSR count). The normalized spacial score (nSPS) is 10.4. The van der Waals surface area contributed by atoms with Gasteiger partial charge in [-0.25, -0.2) is 4.79 Å². The second-order valence-electron chi connectivity index (χ2n) is 2.83. The van der Waals surface area contributed by atoms with Gasteiger partial charge in [0.05, 0.1) is 35.9 Å². The Morgan fingerprint density at radius 2 is 2.47 bits per heavy atom. The Kier molecular flexibility index (Phi) is 2.34. The number of hydrogen-bond acceptors (Lipinski definition) is 6. The monoisotopic (exact) mass is 225 g/mol. The first-order valence-electron chi connectivity index (χ1n) is 3.99. The summed E-state index contributed by atoms with van der Waals surface area (Å²) in [6.07, 6.45) is 3.06. The van der Waals surface area contributed by atoms with Crippen molar-refractivity contribution in [2.75, 3.05) is 5.73 Å². The molecular formula is C7H7N5O2S. The molecule has 0 bridgehead atoms. The molecule has 78 valence electrons. The third-order valence-electron chi connectivity index (χ3n) is 1.72. The molecule has 0 aliphatic carbocycles. The van der Waals surface area contributed by atoms with E-state index < -0.39 is 5.97 Å². The molecule has 2 aromatic rings. The maximum absolute atomic E-state index is 10.7. The van der Waals surface area contributed by atoms with Crippen LogP contribution in [0.25, 0.3) is 0 Å². The number of carbonyl (C=O) groups is 1. The van der Waals surface area contributed by atoms with Crippen LogP contribution in [0.1, 0.15) is 16.2 Å². The van der Waals surface area contributed by atoms with Crippen LogP contribution < -0.4 is 5.73 Å². The van der Waals surface area contributed by atoms with Gasteiger partial charge in [0.2, 0.25) is 0 Å². The predicted molar refractivity (Wildman–Crippen MR) is 52.6 cm³/mol. The molecule has 0 aromatic carbocycles. The van der Waals surface area contributed by atoms with Crippen molar-refractivity contribution in [2.45, 2.75) is 6.54 Å². The van der Waals surface area contributed by atoms with E-state index in [2.05, 4.69) is 13.8 Å². The van der Waals surface area contributed by atoms with Crippen molar-refractivity contribution in [1.82, 2.24) is 18.5 Å². The maximum atomic E-state index is 10.7. The van der Waals surface area contributed by atoms with Crippen LogP contribution in [0.4, 0.5) is 5.69 Å². The quantitative estimate of drug-likeness (QED) is 0.765. The van der Waals surface area contributed by atoms with E-state index in [1.165, 1.54) is 10.9 Å². The van der Waals surface area contributed by atoms with E-state index in [0.29, 0.717) is 6.54 Å². The van der Waals surface area contributed by atoms with Crippen LogP contribution in [0.2, 0.25) is 0 Å². The molecule has 7 nitrogen and oxygen atoms in total. The van der Waals surface area contributed by atoms with Crippen molar-refractivity contribution in [2.24, 2.45) is 0 Å². The number of rotatable bonds is 3. The summed E-state index contributed by atoms with van der Waals surface area (Å²) in [7, 11) is 0. The van der Waals surface area contributed by atoms with Crippen molar-refractivity contribution in [3.05, 3.63) is 23.8 Å². The minimum absolute atomic E-state index is 0.141. The average molecular weight is 225 g/mol. The van der Waals surface area contributed by atoms with Crippen LogP contribution >= 0.6 is 11.7 Å². The lowest BCUT2D eigenvalue weighted by Crippen LogP contribution is -2.04. The first-order valence-corrected chi connectivity index (χ1v) is 4.72. The predicted octanol–water partition coefficient (Wildman–Crippen LogP) is 0.0633. The van der Waals surface area contributed by atoms with Crippen LogP contribution in [0.5, 0.6) is 0 Å². The number of carboxylic acids is 1. The average Bonchev–Trinajstić information content (AvgIpc) is 2.75. The molecule has 0 spiro atoms. The summed E-state index contributed by atoms with van der Waals surface area (Å²) < 4.78 is 9.23. The molecule has 0 radical (unpaired) electrons. The highest BCUT2D eigenvalue weighted by Gasteiger charge is 2.13. The van der Waals surface area contributed by atoms with Gasteiger partial charge in [-0.15, -0.1) is 0 Å². The molecule has 0 unspecified atom stereocenters. The molecule has 2 heterocycles. The summed E-state index contributed by atoms with van der Waals surface area (Å²) in [5, 5.41) is 12.5. The molecule has 3 N–H and O–H groups in total. The molecule has 0 aliphatic rings. The van der Waals surface area contributed by atoms with Crippen molar-refractivity contribution in [1.29, 1.82) is 0 Å². The van der Waals surface area contributed by atoms with Gasteiger partial charge in [-0.1, -0.05) is 0 Å². The largest absolute Gasteiger partial charge is 0.476 e. The fourth-order valence-corrected chi connectivity index (χ4v) is 1.53. The second kappa shape index (κ2) is 3.65. The molecule has 0 amide bonds. The topological polar surface area (TPSA) is 107 Å². The zero-order valence-corrected chi connectivity index (χ0v) is 8.31. The first kappa shape index (κ1) is 9.59. The van der Waals surface area contributed by atoms with Gasteiger partial charge >= 0.3 is 5.97 Å². The minimum Gasteiger partial charge on any atom is -0.476 e. The first-order chi connectivity index (χ1) is 7.16. The number of nitrogens with zero attached hydrogens (tertiary/aromatic N) is 4. The van der Waals surface area contributed by atoms with Gasteiger partial charge in [0.25, 0.3) is 0 Å². The Bertz CT molecular complexity index is 478. The number of carboxylic acid groups (broad SMARTS) is 1. The number of aromatic nitrogens is 4. The van der Waals surface area contributed by atoms with Crippen molar-refractivity contribution < 1.29 is 9.90 Å². The van der Waals surface area contributed by atoms with Crippen LogP contribution in [0, 0.1) is 0 Å². The highest BCUT2D eigenvalue weighted by Crippen LogP contribution is 2.10. The molecule has 0 aliphatic heterocycles. The Morgan fingerprint density at radius 1 is 1.67 bits per heavy atom. The van der Waals surface area contributed by atoms with E-state index in [9.17, 15) is 4.79 Å². The summed E-state index contributed by atoms with van der Waals surface area (Å²) in [5.74, 6) is -1.14. The maximum Gasteiger partial charge on any atom is 0.358 e. The number of anilines is 1. The van der Waals surface area contributed by atoms with Crippen molar-refractivity contribution in [3.63, 3.8) is 0 Å². The van der Waals surface area contributed by atoms with Gasteiger partial charge in [0.15, 0.2) is 5.69 Å². The van der Waals surface area contributed by atoms with Gasteiger partial charge < -0.3 is 10.8 Å². The molecule has 0 saturated carbocycles. The van der Waals surface area contributed by atoms with E-state index in [4.69, 9.17) is 10.8 Å².